The molecule has 1 amide bonds. The first kappa shape index (κ1) is 19.1. The van der Waals surface area contributed by atoms with Crippen molar-refractivity contribution in [1.82, 2.24) is 15.2 Å². The van der Waals surface area contributed by atoms with Crippen LogP contribution in [0.5, 0.6) is 0 Å². The van der Waals surface area contributed by atoms with Crippen LogP contribution in [0.4, 0.5) is 5.69 Å². The lowest BCUT2D eigenvalue weighted by atomic mass is 9.94. The standard InChI is InChI=1S/C16H23N5O.ClH/c1-10(2)11(3)8-15(22)18-13-6-4-12(5-7-13)16-19-14(9-17)20-21-16;/h4-7,10-11H,8-9,17H2,1-3H3,(H,18,22)(H,19,20,21);1H. The Hall–Kier alpha value is -1.92. The summed E-state index contributed by atoms with van der Waals surface area (Å²) in [4.78, 5) is 16.2. The molecule has 0 aliphatic carbocycles. The van der Waals surface area contributed by atoms with Gasteiger partial charge in [0.1, 0.15) is 5.82 Å². The van der Waals surface area contributed by atoms with Crippen molar-refractivity contribution in [3.8, 4) is 11.4 Å². The molecular weight excluding hydrogens is 314 g/mol. The van der Waals surface area contributed by atoms with E-state index in [-0.39, 0.29) is 18.3 Å². The highest BCUT2D eigenvalue weighted by molar-refractivity contribution is 5.91. The van der Waals surface area contributed by atoms with Gasteiger partial charge in [0, 0.05) is 17.7 Å². The molecule has 0 aliphatic rings. The van der Waals surface area contributed by atoms with Crippen LogP contribution in [0.25, 0.3) is 11.4 Å². The van der Waals surface area contributed by atoms with Crippen molar-refractivity contribution in [2.24, 2.45) is 17.6 Å². The van der Waals surface area contributed by atoms with Gasteiger partial charge in [-0.15, -0.1) is 12.4 Å². The number of rotatable bonds is 6. The van der Waals surface area contributed by atoms with Crippen molar-refractivity contribution in [1.29, 1.82) is 0 Å². The molecule has 1 atom stereocenters. The second kappa shape index (κ2) is 8.64. The fraction of sp³-hybridized carbons (Fsp3) is 0.438. The Bertz CT molecular complexity index is 624. The zero-order valence-corrected chi connectivity index (χ0v) is 14.5. The molecule has 1 aromatic carbocycles. The van der Waals surface area contributed by atoms with Crippen LogP contribution >= 0.6 is 12.4 Å². The monoisotopic (exact) mass is 337 g/mol. The van der Waals surface area contributed by atoms with Gasteiger partial charge in [0.25, 0.3) is 0 Å². The number of aromatic nitrogens is 3. The Morgan fingerprint density at radius 1 is 1.26 bits per heavy atom. The van der Waals surface area contributed by atoms with E-state index < -0.39 is 0 Å². The lowest BCUT2D eigenvalue weighted by molar-refractivity contribution is -0.117. The molecule has 126 valence electrons. The van der Waals surface area contributed by atoms with E-state index >= 15 is 0 Å². The van der Waals surface area contributed by atoms with Crippen LogP contribution in [0.1, 0.15) is 33.0 Å². The van der Waals surface area contributed by atoms with Crippen LogP contribution in [0.2, 0.25) is 0 Å². The molecule has 1 aromatic heterocycles. The first-order valence-corrected chi connectivity index (χ1v) is 7.51. The van der Waals surface area contributed by atoms with Gasteiger partial charge in [-0.05, 0) is 36.1 Å². The maximum absolute atomic E-state index is 12.0. The number of H-pyrrole nitrogens is 1. The molecule has 1 unspecified atom stereocenters. The number of halogens is 1. The maximum Gasteiger partial charge on any atom is 0.224 e. The van der Waals surface area contributed by atoms with Crippen molar-refractivity contribution in [2.75, 3.05) is 5.32 Å². The number of nitrogens with zero attached hydrogens (tertiary/aromatic N) is 2. The van der Waals surface area contributed by atoms with E-state index in [0.29, 0.717) is 36.5 Å². The van der Waals surface area contributed by atoms with E-state index in [1.807, 2.05) is 24.3 Å². The molecule has 6 nitrogen and oxygen atoms in total. The molecule has 0 bridgehead atoms. The molecule has 0 saturated carbocycles. The molecule has 2 rings (SSSR count). The summed E-state index contributed by atoms with van der Waals surface area (Å²) >= 11 is 0. The molecule has 23 heavy (non-hydrogen) atoms. The van der Waals surface area contributed by atoms with Gasteiger partial charge >= 0.3 is 0 Å². The normalized spacial score (nSPS) is 11.9. The molecular formula is C16H24ClN5O. The molecule has 2 aromatic rings. The Morgan fingerprint density at radius 3 is 2.43 bits per heavy atom. The summed E-state index contributed by atoms with van der Waals surface area (Å²) in [6.45, 7) is 6.67. The Balaban J connectivity index is 0.00000264. The SMILES string of the molecule is CC(C)C(C)CC(=O)Nc1ccc(-c2n[nH]c(CN)n2)cc1.Cl. The predicted octanol–water partition coefficient (Wildman–Crippen LogP) is 2.97. The fourth-order valence-electron chi connectivity index (χ4n) is 1.96. The lowest BCUT2D eigenvalue weighted by Crippen LogP contribution is -2.17. The lowest BCUT2D eigenvalue weighted by Gasteiger charge is -2.14. The Labute approximate surface area is 142 Å². The van der Waals surface area contributed by atoms with Gasteiger partial charge in [-0.2, -0.15) is 5.10 Å². The zero-order valence-electron chi connectivity index (χ0n) is 13.7. The third-order valence-corrected chi connectivity index (χ3v) is 3.80. The number of nitrogens with one attached hydrogen (secondary N) is 2. The van der Waals surface area contributed by atoms with Crippen LogP contribution in [0, 0.1) is 11.8 Å². The quantitative estimate of drug-likeness (QED) is 0.754. The molecule has 0 aliphatic heterocycles. The largest absolute Gasteiger partial charge is 0.326 e. The average Bonchev–Trinajstić information content (AvgIpc) is 2.96. The topological polar surface area (TPSA) is 96.7 Å². The third-order valence-electron chi connectivity index (χ3n) is 3.80. The number of amides is 1. The molecule has 0 radical (unpaired) electrons. The number of aromatic amines is 1. The first-order valence-electron chi connectivity index (χ1n) is 7.51. The molecule has 0 saturated heterocycles. The van der Waals surface area contributed by atoms with Crippen molar-refractivity contribution in [2.45, 2.75) is 33.7 Å². The van der Waals surface area contributed by atoms with Crippen molar-refractivity contribution in [3.05, 3.63) is 30.1 Å². The summed E-state index contributed by atoms with van der Waals surface area (Å²) in [5.74, 6) is 2.15. The summed E-state index contributed by atoms with van der Waals surface area (Å²) < 4.78 is 0. The van der Waals surface area contributed by atoms with Gasteiger partial charge < -0.3 is 11.1 Å². The molecule has 0 fully saturated rings. The van der Waals surface area contributed by atoms with Gasteiger partial charge in [0.05, 0.1) is 6.54 Å². The van der Waals surface area contributed by atoms with Crippen LogP contribution in [0.3, 0.4) is 0 Å². The van der Waals surface area contributed by atoms with Crippen LogP contribution in [-0.4, -0.2) is 21.1 Å². The van der Waals surface area contributed by atoms with Gasteiger partial charge in [-0.25, -0.2) is 4.98 Å². The summed E-state index contributed by atoms with van der Waals surface area (Å²) in [6.07, 6.45) is 0.528. The number of hydrogen-bond donors (Lipinski definition) is 3. The average molecular weight is 338 g/mol. The number of benzene rings is 1. The van der Waals surface area contributed by atoms with E-state index in [1.165, 1.54) is 0 Å². The van der Waals surface area contributed by atoms with E-state index in [2.05, 4.69) is 41.3 Å². The molecule has 1 heterocycles. The molecule has 7 heteroatoms. The highest BCUT2D eigenvalue weighted by Gasteiger charge is 2.13. The number of carbonyl (C=O) groups is 1. The summed E-state index contributed by atoms with van der Waals surface area (Å²) in [7, 11) is 0. The Kier molecular flexibility index (Phi) is 7.19. The van der Waals surface area contributed by atoms with Crippen molar-refractivity contribution in [3.63, 3.8) is 0 Å². The summed E-state index contributed by atoms with van der Waals surface area (Å²) in [5, 5.41) is 9.80. The van der Waals surface area contributed by atoms with Crippen molar-refractivity contribution < 1.29 is 4.79 Å². The van der Waals surface area contributed by atoms with Crippen LogP contribution < -0.4 is 11.1 Å². The van der Waals surface area contributed by atoms with Crippen molar-refractivity contribution >= 4 is 24.0 Å². The molecule has 4 N–H and O–H groups in total. The maximum atomic E-state index is 12.0. The first-order chi connectivity index (χ1) is 10.5. The molecule has 0 spiro atoms. The highest BCUT2D eigenvalue weighted by atomic mass is 35.5. The summed E-state index contributed by atoms with van der Waals surface area (Å²) in [5.41, 5.74) is 7.16. The zero-order chi connectivity index (χ0) is 16.1. The Morgan fingerprint density at radius 2 is 1.91 bits per heavy atom. The number of anilines is 1. The van der Waals surface area contributed by atoms with Crippen LogP contribution in [0.15, 0.2) is 24.3 Å². The second-order valence-corrected chi connectivity index (χ2v) is 5.86. The number of nitrogens with two attached hydrogens (primary N) is 1. The van der Waals surface area contributed by atoms with Gasteiger partial charge in [0.2, 0.25) is 5.91 Å². The minimum atomic E-state index is 0. The van der Waals surface area contributed by atoms with E-state index in [0.717, 1.165) is 11.3 Å². The fourth-order valence-corrected chi connectivity index (χ4v) is 1.96. The summed E-state index contributed by atoms with van der Waals surface area (Å²) in [6, 6.07) is 7.47. The minimum Gasteiger partial charge on any atom is -0.326 e. The van der Waals surface area contributed by atoms with Crippen LogP contribution in [-0.2, 0) is 11.3 Å². The highest BCUT2D eigenvalue weighted by Crippen LogP contribution is 2.19. The predicted molar refractivity (Wildman–Crippen MR) is 94.2 cm³/mol. The smallest absolute Gasteiger partial charge is 0.224 e. The number of carbonyl (C=O) groups excluding carboxylic acids is 1. The second-order valence-electron chi connectivity index (χ2n) is 5.86. The minimum absolute atomic E-state index is 0. The van der Waals surface area contributed by atoms with Gasteiger partial charge in [-0.1, -0.05) is 20.8 Å². The van der Waals surface area contributed by atoms with E-state index in [9.17, 15) is 4.79 Å². The van der Waals surface area contributed by atoms with Gasteiger partial charge in [-0.3, -0.25) is 9.89 Å². The van der Waals surface area contributed by atoms with E-state index in [1.54, 1.807) is 0 Å². The number of hydrogen-bond acceptors (Lipinski definition) is 4. The van der Waals surface area contributed by atoms with Gasteiger partial charge in [0.15, 0.2) is 5.82 Å². The van der Waals surface area contributed by atoms with E-state index in [4.69, 9.17) is 5.73 Å². The third kappa shape index (κ3) is 5.33.